The highest BCUT2D eigenvalue weighted by atomic mass is 16.6. The summed E-state index contributed by atoms with van der Waals surface area (Å²) in [5, 5.41) is 27.0. The number of hydrogen-bond acceptors (Lipinski definition) is 9. The van der Waals surface area contributed by atoms with Crippen molar-refractivity contribution in [2.24, 2.45) is 40.4 Å². The average molecular weight is 1280 g/mol. The number of hydrogen-bond donors (Lipinski definition) is 3. The number of phenols is 3. The van der Waals surface area contributed by atoms with Gasteiger partial charge in [0, 0.05) is 0 Å². The monoisotopic (exact) mass is 1270 g/mol. The molecule has 93 heavy (non-hydrogen) atoms. The predicted octanol–water partition coefficient (Wildman–Crippen LogP) is 23.2. The molecule has 0 heterocycles. The molecular formula is C84H122O9. The number of rotatable bonds is 19. The van der Waals surface area contributed by atoms with Crippen LogP contribution in [0.25, 0.3) is 0 Å². The first-order valence-corrected chi connectivity index (χ1v) is 35.2. The van der Waals surface area contributed by atoms with E-state index < -0.39 is 10.8 Å². The van der Waals surface area contributed by atoms with Crippen molar-refractivity contribution in [3.05, 3.63) is 197 Å². The van der Waals surface area contributed by atoms with Gasteiger partial charge in [-0.15, -0.1) is 0 Å². The van der Waals surface area contributed by atoms with Crippen molar-refractivity contribution >= 4 is 17.9 Å². The second kappa shape index (κ2) is 40.4. The van der Waals surface area contributed by atoms with Gasteiger partial charge in [0.25, 0.3) is 0 Å². The molecule has 9 heteroatoms. The molecule has 0 amide bonds. The minimum absolute atomic E-state index is 0.0347. The largest absolute Gasteiger partial charge is 0.508 e. The third kappa shape index (κ3) is 26.8. The summed E-state index contributed by atoms with van der Waals surface area (Å²) in [5.41, 5.74) is 6.46. The van der Waals surface area contributed by atoms with E-state index in [0.29, 0.717) is 52.8 Å². The Morgan fingerprint density at radius 3 is 0.903 bits per heavy atom. The Kier molecular flexibility index (Phi) is 34.9. The van der Waals surface area contributed by atoms with Gasteiger partial charge in [-0.2, -0.15) is 0 Å². The number of phenolic OH excluding ortho intramolecular Hbond substituents is 3. The summed E-state index contributed by atoms with van der Waals surface area (Å²) < 4.78 is 16.9. The minimum atomic E-state index is -0.400. The lowest BCUT2D eigenvalue weighted by molar-refractivity contribution is -0.206. The van der Waals surface area contributed by atoms with Gasteiger partial charge in [-0.25, -0.2) is 0 Å². The van der Waals surface area contributed by atoms with Crippen molar-refractivity contribution in [1.29, 1.82) is 0 Å². The SMILES string of the molecule is CCC(C)(C)C(=O)OC(C)c1ccccc1.CCC(C)(C)C(=O)OC(C)c1ccccc1.CCC(C)C(=O)OC1(C)C2CC3CC(C2)CC1C3.CCC(C)c1ccc(O)cc1.CCC(C)c1ccc(O)cc1.CCC(C)c1ccc(O)cc1.CCC(C)c1ccccc1. The lowest BCUT2D eigenvalue weighted by atomic mass is 9.50. The maximum atomic E-state index is 12.1. The van der Waals surface area contributed by atoms with Crippen LogP contribution >= 0.6 is 0 Å². The van der Waals surface area contributed by atoms with Crippen molar-refractivity contribution in [1.82, 2.24) is 0 Å². The Hall–Kier alpha value is -6.87. The number of ether oxygens (including phenoxy) is 3. The Balaban J connectivity index is 0.000000286. The lowest BCUT2D eigenvalue weighted by Gasteiger charge is -2.59. The molecule has 4 aliphatic carbocycles. The maximum Gasteiger partial charge on any atom is 0.312 e. The van der Waals surface area contributed by atoms with Crippen LogP contribution in [0, 0.1) is 40.4 Å². The van der Waals surface area contributed by atoms with Crippen molar-refractivity contribution in [2.75, 3.05) is 0 Å². The van der Waals surface area contributed by atoms with Crippen LogP contribution in [-0.2, 0) is 28.6 Å². The van der Waals surface area contributed by atoms with Crippen LogP contribution in [0.5, 0.6) is 17.2 Å². The number of carbonyl (C=O) groups is 3. The van der Waals surface area contributed by atoms with Gasteiger partial charge in [0.15, 0.2) is 0 Å². The zero-order chi connectivity index (χ0) is 69.5. The van der Waals surface area contributed by atoms with Crippen molar-refractivity contribution in [3.63, 3.8) is 0 Å². The quantitative estimate of drug-likeness (QED) is 0.0534. The highest BCUT2D eigenvalue weighted by Crippen LogP contribution is 2.59. The number of aromatic hydroxyl groups is 3. The highest BCUT2D eigenvalue weighted by molar-refractivity contribution is 5.76. The Labute approximate surface area is 563 Å². The Morgan fingerprint density at radius 1 is 0.398 bits per heavy atom. The van der Waals surface area contributed by atoms with Crippen LogP contribution in [0.1, 0.15) is 278 Å². The number of carbonyl (C=O) groups excluding carboxylic acids is 3. The summed E-state index contributed by atoms with van der Waals surface area (Å²) >= 11 is 0. The molecule has 0 radical (unpaired) electrons. The summed E-state index contributed by atoms with van der Waals surface area (Å²) in [5.74, 6) is 6.49. The minimum Gasteiger partial charge on any atom is -0.508 e. The van der Waals surface area contributed by atoms with Crippen LogP contribution in [-0.4, -0.2) is 38.8 Å². The average Bonchev–Trinajstić information content (AvgIpc) is 0.739. The van der Waals surface area contributed by atoms with E-state index in [1.807, 2.05) is 159 Å². The van der Waals surface area contributed by atoms with Crippen molar-refractivity contribution in [3.8, 4) is 17.2 Å². The van der Waals surface area contributed by atoms with Gasteiger partial charge in [-0.1, -0.05) is 210 Å². The fraction of sp³-hybridized carbons (Fsp3) is 0.536. The summed E-state index contributed by atoms with van der Waals surface area (Å²) in [6.45, 7) is 39.2. The van der Waals surface area contributed by atoms with Crippen molar-refractivity contribution in [2.45, 2.75) is 250 Å². The topological polar surface area (TPSA) is 140 Å². The Morgan fingerprint density at radius 2 is 0.656 bits per heavy atom. The van der Waals surface area contributed by atoms with Crippen LogP contribution in [0.4, 0.5) is 0 Å². The second-order valence-electron chi connectivity index (χ2n) is 28.0. The summed E-state index contributed by atoms with van der Waals surface area (Å²) in [7, 11) is 0. The van der Waals surface area contributed by atoms with E-state index in [4.69, 9.17) is 29.5 Å². The molecule has 0 aliphatic heterocycles. The summed E-state index contributed by atoms with van der Waals surface area (Å²) in [6.07, 6.45) is 13.4. The van der Waals surface area contributed by atoms with Gasteiger partial charge in [0.1, 0.15) is 35.1 Å². The first-order valence-electron chi connectivity index (χ1n) is 35.2. The van der Waals surface area contributed by atoms with Crippen LogP contribution in [0.15, 0.2) is 164 Å². The van der Waals surface area contributed by atoms with E-state index >= 15 is 0 Å². The Bertz CT molecular complexity index is 2770. The molecule has 0 saturated heterocycles. The van der Waals surface area contributed by atoms with Gasteiger partial charge in [0.05, 0.1) is 16.7 Å². The molecule has 512 valence electrons. The molecule has 6 aromatic carbocycles. The number of benzene rings is 6. The smallest absolute Gasteiger partial charge is 0.312 e. The highest BCUT2D eigenvalue weighted by Gasteiger charge is 2.57. The molecular weight excluding hydrogens is 1150 g/mol. The molecule has 4 bridgehead atoms. The normalized spacial score (nSPS) is 19.6. The lowest BCUT2D eigenvalue weighted by Crippen LogP contribution is -2.58. The third-order valence-electron chi connectivity index (χ3n) is 20.3. The molecule has 3 N–H and O–H groups in total. The molecule has 7 unspecified atom stereocenters. The summed E-state index contributed by atoms with van der Waals surface area (Å²) in [4.78, 5) is 35.9. The van der Waals surface area contributed by atoms with Gasteiger partial charge in [-0.05, 0) is 243 Å². The fourth-order valence-electron chi connectivity index (χ4n) is 11.4. The van der Waals surface area contributed by atoms with E-state index in [1.54, 1.807) is 36.4 Å². The van der Waals surface area contributed by atoms with Crippen LogP contribution < -0.4 is 0 Å². The second-order valence-corrected chi connectivity index (χ2v) is 28.0. The third-order valence-corrected chi connectivity index (χ3v) is 20.3. The van der Waals surface area contributed by atoms with Crippen molar-refractivity contribution < 1.29 is 43.9 Å². The van der Waals surface area contributed by atoms with Gasteiger partial charge in [-0.3, -0.25) is 14.4 Å². The fourth-order valence-corrected chi connectivity index (χ4v) is 11.4. The van der Waals surface area contributed by atoms with E-state index in [0.717, 1.165) is 61.5 Å². The summed E-state index contributed by atoms with van der Waals surface area (Å²) in [6, 6.07) is 52.5. The number of esters is 3. The maximum absolute atomic E-state index is 12.1. The predicted molar refractivity (Wildman–Crippen MR) is 387 cm³/mol. The molecule has 4 aliphatic rings. The molecule has 7 atom stereocenters. The molecule has 9 nitrogen and oxygen atoms in total. The van der Waals surface area contributed by atoms with Crippen LogP contribution in [0.2, 0.25) is 0 Å². The van der Waals surface area contributed by atoms with Crippen LogP contribution in [0.3, 0.4) is 0 Å². The molecule has 6 aromatic rings. The molecule has 4 fully saturated rings. The van der Waals surface area contributed by atoms with E-state index in [9.17, 15) is 14.4 Å². The van der Waals surface area contributed by atoms with E-state index in [2.05, 4.69) is 99.6 Å². The van der Waals surface area contributed by atoms with E-state index in [1.165, 1.54) is 60.8 Å². The molecule has 4 saturated carbocycles. The molecule has 10 rings (SSSR count). The first-order chi connectivity index (χ1) is 44.0. The zero-order valence-corrected chi connectivity index (χ0v) is 60.7. The first kappa shape index (κ1) is 80.4. The van der Waals surface area contributed by atoms with Gasteiger partial charge < -0.3 is 29.5 Å². The standard InChI is InChI=1S/C16H26O2.2C14H20O2.3C10H14O.C10H14/c1-4-10(2)15(17)18-16(3)13-6-11-5-12(8-13)9-14(16)7-11;2*1-5-14(3,4)13(15)16-11(2)12-9-7-6-8-10-12;3*1-3-8(2)9-4-6-10(11)7-5-9;1-3-9(2)10-7-5-4-6-8-10/h10-14H,4-9H2,1-3H3;2*6-11H,5H2,1-4H3;3*4-8,11H,3H2,1-2H3;4-9H,3H2,1-2H3. The van der Waals surface area contributed by atoms with E-state index in [-0.39, 0.29) is 41.6 Å². The zero-order valence-electron chi connectivity index (χ0n) is 60.7. The van der Waals surface area contributed by atoms with Gasteiger partial charge in [0.2, 0.25) is 0 Å². The van der Waals surface area contributed by atoms with Gasteiger partial charge >= 0.3 is 17.9 Å². The molecule has 0 spiro atoms. The molecule has 0 aromatic heterocycles.